The fourth-order valence-corrected chi connectivity index (χ4v) is 1.29. The average Bonchev–Trinajstić information content (AvgIpc) is 2.29. The predicted octanol–water partition coefficient (Wildman–Crippen LogP) is 2.91. The van der Waals surface area contributed by atoms with E-state index in [1.807, 2.05) is 18.2 Å². The lowest BCUT2D eigenvalue weighted by Crippen LogP contribution is -2.13. The van der Waals surface area contributed by atoms with Gasteiger partial charge in [-0.05, 0) is 25.5 Å². The zero-order chi connectivity index (χ0) is 11.3. The molecule has 0 radical (unpaired) electrons. The van der Waals surface area contributed by atoms with E-state index in [9.17, 15) is 0 Å². The maximum absolute atomic E-state index is 5.29. The van der Waals surface area contributed by atoms with Crippen molar-refractivity contribution in [1.29, 1.82) is 0 Å². The van der Waals surface area contributed by atoms with Gasteiger partial charge in [0.2, 0.25) is 0 Å². The van der Waals surface area contributed by atoms with E-state index in [-0.39, 0.29) is 0 Å². The minimum absolute atomic E-state index is 0.437. The molecule has 0 unspecified atom stereocenters. The zero-order valence-electron chi connectivity index (χ0n) is 9.83. The van der Waals surface area contributed by atoms with Gasteiger partial charge in [-0.1, -0.05) is 6.92 Å². The fourth-order valence-electron chi connectivity index (χ4n) is 1.29. The van der Waals surface area contributed by atoms with Gasteiger partial charge < -0.3 is 14.8 Å². The van der Waals surface area contributed by atoms with Gasteiger partial charge >= 0.3 is 0 Å². The van der Waals surface area contributed by atoms with Gasteiger partial charge in [-0.15, -0.1) is 0 Å². The van der Waals surface area contributed by atoms with Crippen molar-refractivity contribution in [3.63, 3.8) is 0 Å². The summed E-state index contributed by atoms with van der Waals surface area (Å²) in [5.41, 5.74) is 1.01. The molecule has 0 heterocycles. The molecule has 3 nitrogen and oxygen atoms in total. The lowest BCUT2D eigenvalue weighted by atomic mass is 10.2. The number of anilines is 1. The summed E-state index contributed by atoms with van der Waals surface area (Å²) in [5, 5.41) is 3.38. The van der Waals surface area contributed by atoms with Gasteiger partial charge in [0.05, 0.1) is 19.9 Å². The van der Waals surface area contributed by atoms with Gasteiger partial charge in [0.25, 0.3) is 0 Å². The highest BCUT2D eigenvalue weighted by atomic mass is 16.5. The summed E-state index contributed by atoms with van der Waals surface area (Å²) in [6.07, 6.45) is 1.08. The molecule has 0 amide bonds. The molecule has 0 spiro atoms. The molecule has 1 aromatic carbocycles. The summed E-state index contributed by atoms with van der Waals surface area (Å²) in [6, 6.07) is 6.22. The number of rotatable bonds is 5. The third-order valence-electron chi connectivity index (χ3n) is 2.42. The van der Waals surface area contributed by atoms with E-state index in [0.29, 0.717) is 6.04 Å². The molecule has 1 atom stereocenters. The van der Waals surface area contributed by atoms with Crippen LogP contribution in [0.25, 0.3) is 0 Å². The maximum atomic E-state index is 5.29. The Labute approximate surface area is 91.4 Å². The number of methoxy groups -OCH3 is 2. The molecule has 15 heavy (non-hydrogen) atoms. The Morgan fingerprint density at radius 1 is 1.27 bits per heavy atom. The molecule has 0 bridgehead atoms. The van der Waals surface area contributed by atoms with E-state index in [1.54, 1.807) is 14.2 Å². The van der Waals surface area contributed by atoms with Gasteiger partial charge in [-0.3, -0.25) is 0 Å². The Hall–Kier alpha value is -1.38. The smallest absolute Gasteiger partial charge is 0.145 e. The van der Waals surface area contributed by atoms with Gasteiger partial charge in [0, 0.05) is 12.1 Å². The van der Waals surface area contributed by atoms with E-state index < -0.39 is 0 Å². The van der Waals surface area contributed by atoms with Crippen molar-refractivity contribution in [2.45, 2.75) is 26.3 Å². The second kappa shape index (κ2) is 5.49. The third-order valence-corrected chi connectivity index (χ3v) is 2.42. The molecule has 0 saturated carbocycles. The zero-order valence-corrected chi connectivity index (χ0v) is 9.83. The molecule has 0 aliphatic carbocycles. The maximum Gasteiger partial charge on any atom is 0.145 e. The first-order chi connectivity index (χ1) is 7.21. The molecule has 0 aromatic heterocycles. The lowest BCUT2D eigenvalue weighted by molar-refractivity contribution is 0.395. The van der Waals surface area contributed by atoms with Crippen LogP contribution in [0, 0.1) is 0 Å². The monoisotopic (exact) mass is 209 g/mol. The van der Waals surface area contributed by atoms with Crippen LogP contribution in [0.3, 0.4) is 0 Å². The largest absolute Gasteiger partial charge is 0.497 e. The Kier molecular flexibility index (Phi) is 4.28. The summed E-state index contributed by atoms with van der Waals surface area (Å²) in [6.45, 7) is 4.29. The van der Waals surface area contributed by atoms with Crippen molar-refractivity contribution in [2.75, 3.05) is 19.5 Å². The van der Waals surface area contributed by atoms with Crippen molar-refractivity contribution >= 4 is 5.69 Å². The Morgan fingerprint density at radius 3 is 2.53 bits per heavy atom. The highest BCUT2D eigenvalue weighted by Crippen LogP contribution is 2.29. The van der Waals surface area contributed by atoms with Gasteiger partial charge in [0.1, 0.15) is 11.5 Å². The van der Waals surface area contributed by atoms with Crippen LogP contribution < -0.4 is 14.8 Å². The summed E-state index contributed by atoms with van der Waals surface area (Å²) >= 11 is 0. The molecule has 1 aromatic rings. The van der Waals surface area contributed by atoms with Crippen LogP contribution in [0.15, 0.2) is 18.2 Å². The van der Waals surface area contributed by atoms with Crippen LogP contribution >= 0.6 is 0 Å². The van der Waals surface area contributed by atoms with Gasteiger partial charge in [-0.25, -0.2) is 0 Å². The first kappa shape index (κ1) is 11.7. The number of hydrogen-bond acceptors (Lipinski definition) is 3. The lowest BCUT2D eigenvalue weighted by Gasteiger charge is -2.16. The average molecular weight is 209 g/mol. The minimum atomic E-state index is 0.437. The quantitative estimate of drug-likeness (QED) is 0.808. The summed E-state index contributed by atoms with van der Waals surface area (Å²) in [7, 11) is 3.31. The van der Waals surface area contributed by atoms with E-state index in [0.717, 1.165) is 23.6 Å². The molecule has 3 heteroatoms. The minimum Gasteiger partial charge on any atom is -0.497 e. The molecule has 0 aliphatic rings. The topological polar surface area (TPSA) is 30.5 Å². The van der Waals surface area contributed by atoms with E-state index in [4.69, 9.17) is 9.47 Å². The Balaban J connectivity index is 2.87. The molecular formula is C12H19NO2. The summed E-state index contributed by atoms with van der Waals surface area (Å²) < 4.78 is 10.4. The first-order valence-corrected chi connectivity index (χ1v) is 5.19. The van der Waals surface area contributed by atoms with Crippen LogP contribution in [0.2, 0.25) is 0 Å². The van der Waals surface area contributed by atoms with Gasteiger partial charge in [0.15, 0.2) is 0 Å². The second-order valence-electron chi connectivity index (χ2n) is 3.52. The molecule has 1 N–H and O–H groups in total. The van der Waals surface area contributed by atoms with Crippen molar-refractivity contribution in [2.24, 2.45) is 0 Å². The van der Waals surface area contributed by atoms with E-state index >= 15 is 0 Å². The molecule has 0 aliphatic heterocycles. The van der Waals surface area contributed by atoms with Crippen LogP contribution in [0.5, 0.6) is 11.5 Å². The fraction of sp³-hybridized carbons (Fsp3) is 0.500. The second-order valence-corrected chi connectivity index (χ2v) is 3.52. The molecule has 84 valence electrons. The SMILES string of the molecule is CC[C@@H](C)Nc1ccc(OC)cc1OC. The van der Waals surface area contributed by atoms with Gasteiger partial charge in [-0.2, -0.15) is 0 Å². The standard InChI is InChI=1S/C12H19NO2/c1-5-9(2)13-11-7-6-10(14-3)8-12(11)15-4/h6-9,13H,5H2,1-4H3/t9-/m1/s1. The Morgan fingerprint density at radius 2 is 2.00 bits per heavy atom. The molecular weight excluding hydrogens is 190 g/mol. The number of nitrogens with one attached hydrogen (secondary N) is 1. The predicted molar refractivity (Wildman–Crippen MR) is 62.9 cm³/mol. The van der Waals surface area contributed by atoms with Crippen molar-refractivity contribution in [1.82, 2.24) is 0 Å². The molecule has 1 rings (SSSR count). The van der Waals surface area contributed by atoms with Crippen molar-refractivity contribution in [3.8, 4) is 11.5 Å². The van der Waals surface area contributed by atoms with Crippen LogP contribution in [0.1, 0.15) is 20.3 Å². The summed E-state index contributed by atoms with van der Waals surface area (Å²) in [4.78, 5) is 0. The summed E-state index contributed by atoms with van der Waals surface area (Å²) in [5.74, 6) is 1.62. The van der Waals surface area contributed by atoms with Crippen molar-refractivity contribution in [3.05, 3.63) is 18.2 Å². The third kappa shape index (κ3) is 3.05. The number of ether oxygens (including phenoxy) is 2. The highest BCUT2D eigenvalue weighted by molar-refractivity contribution is 5.59. The van der Waals surface area contributed by atoms with E-state index in [1.165, 1.54) is 0 Å². The molecule has 0 fully saturated rings. The number of benzene rings is 1. The van der Waals surface area contributed by atoms with Crippen molar-refractivity contribution < 1.29 is 9.47 Å². The molecule has 0 saturated heterocycles. The highest BCUT2D eigenvalue weighted by Gasteiger charge is 2.06. The van der Waals surface area contributed by atoms with Crippen LogP contribution in [-0.2, 0) is 0 Å². The van der Waals surface area contributed by atoms with Crippen LogP contribution in [-0.4, -0.2) is 20.3 Å². The normalized spacial score (nSPS) is 12.0. The Bertz CT molecular complexity index is 312. The van der Waals surface area contributed by atoms with E-state index in [2.05, 4.69) is 19.2 Å². The van der Waals surface area contributed by atoms with Crippen LogP contribution in [0.4, 0.5) is 5.69 Å². The first-order valence-electron chi connectivity index (χ1n) is 5.19. The number of hydrogen-bond donors (Lipinski definition) is 1.